The SMILES string of the molecule is CCN1CCCN(c2cc3c(c(F)c2OC)[C@@H](CC#N)N(C(=O)c2c(Sc4c(Cl)cccc4Cl)cc(C(F)(F)CC)[nH]c2=O)C3)C1=O. The molecular formula is C32H30Cl2F3N5O4S. The molecule has 1 N–H and O–H groups in total. The fourth-order valence-corrected chi connectivity index (χ4v) is 7.51. The zero-order chi connectivity index (χ0) is 34.2. The van der Waals surface area contributed by atoms with Gasteiger partial charge in [-0.25, -0.2) is 9.18 Å². The second kappa shape index (κ2) is 13.7. The van der Waals surface area contributed by atoms with Gasteiger partial charge in [0.15, 0.2) is 11.6 Å². The first kappa shape index (κ1) is 34.5. The number of halogens is 5. The van der Waals surface area contributed by atoms with Crippen molar-refractivity contribution in [2.24, 2.45) is 0 Å². The summed E-state index contributed by atoms with van der Waals surface area (Å²) < 4.78 is 51.5. The van der Waals surface area contributed by atoms with Crippen LogP contribution in [0.5, 0.6) is 5.75 Å². The zero-order valence-electron chi connectivity index (χ0n) is 25.6. The number of rotatable bonds is 9. The number of fused-ring (bicyclic) bond motifs is 1. The van der Waals surface area contributed by atoms with E-state index in [9.17, 15) is 28.4 Å². The van der Waals surface area contributed by atoms with E-state index >= 15 is 4.39 Å². The molecule has 1 atom stereocenters. The molecule has 5 rings (SSSR count). The standard InChI is InChI=1S/C32H30Cl2F3N5O4S/c1-4-32(36,37)23-15-22(47-28-18(33)8-6-9-19(28)34)25(29(43)39-23)30(44)42-16-17-14-21(41-13-7-12-40(5-2)31(41)45)27(46-3)26(35)24(17)20(42)10-11-38/h6,8-9,14-15,20H,4-5,7,10,12-13,16H2,1-3H3,(H,39,43)/t20-/m1/s1. The Labute approximate surface area is 283 Å². The summed E-state index contributed by atoms with van der Waals surface area (Å²) in [6.07, 6.45) is -0.347. The third-order valence-electron chi connectivity index (χ3n) is 8.29. The number of pyridine rings is 1. The van der Waals surface area contributed by atoms with E-state index < -0.39 is 46.9 Å². The van der Waals surface area contributed by atoms with Gasteiger partial charge in [0, 0.05) is 48.0 Å². The molecule has 0 spiro atoms. The number of aromatic amines is 1. The Morgan fingerprint density at radius 1 is 1.19 bits per heavy atom. The van der Waals surface area contributed by atoms with Gasteiger partial charge in [-0.3, -0.25) is 14.5 Å². The van der Waals surface area contributed by atoms with Gasteiger partial charge in [-0.2, -0.15) is 14.0 Å². The lowest BCUT2D eigenvalue weighted by Gasteiger charge is -2.36. The van der Waals surface area contributed by atoms with E-state index in [4.69, 9.17) is 27.9 Å². The lowest BCUT2D eigenvalue weighted by atomic mass is 9.99. The van der Waals surface area contributed by atoms with Crippen LogP contribution < -0.4 is 15.2 Å². The molecule has 248 valence electrons. The van der Waals surface area contributed by atoms with Crippen molar-refractivity contribution in [1.82, 2.24) is 14.8 Å². The summed E-state index contributed by atoms with van der Waals surface area (Å²) in [6.45, 7) is 4.15. The Hall–Kier alpha value is -3.86. The smallest absolute Gasteiger partial charge is 0.324 e. The predicted molar refractivity (Wildman–Crippen MR) is 172 cm³/mol. The number of urea groups is 1. The normalized spacial score (nSPS) is 16.4. The number of nitrogens with zero attached hydrogens (tertiary/aromatic N) is 4. The Balaban J connectivity index is 1.64. The number of nitriles is 1. The molecule has 9 nitrogen and oxygen atoms in total. The highest BCUT2D eigenvalue weighted by molar-refractivity contribution is 7.99. The van der Waals surface area contributed by atoms with Gasteiger partial charge >= 0.3 is 6.03 Å². The Bertz CT molecular complexity index is 1830. The molecule has 2 aromatic carbocycles. The largest absolute Gasteiger partial charge is 0.492 e. The molecule has 1 fully saturated rings. The second-order valence-electron chi connectivity index (χ2n) is 11.0. The maximum Gasteiger partial charge on any atom is 0.324 e. The van der Waals surface area contributed by atoms with Gasteiger partial charge in [0.05, 0.1) is 47.1 Å². The van der Waals surface area contributed by atoms with Gasteiger partial charge in [0.1, 0.15) is 5.56 Å². The maximum absolute atomic E-state index is 16.4. The molecule has 0 radical (unpaired) electrons. The highest BCUT2D eigenvalue weighted by Gasteiger charge is 2.42. The minimum atomic E-state index is -3.43. The van der Waals surface area contributed by atoms with Crippen molar-refractivity contribution < 1.29 is 27.5 Å². The molecule has 0 unspecified atom stereocenters. The summed E-state index contributed by atoms with van der Waals surface area (Å²) >= 11 is 13.5. The molecular weight excluding hydrogens is 678 g/mol. The van der Waals surface area contributed by atoms with E-state index in [-0.39, 0.29) is 55.8 Å². The van der Waals surface area contributed by atoms with Gasteiger partial charge in [-0.1, -0.05) is 48.0 Å². The Morgan fingerprint density at radius 2 is 1.89 bits per heavy atom. The monoisotopic (exact) mass is 707 g/mol. The van der Waals surface area contributed by atoms with Crippen molar-refractivity contribution in [2.45, 2.75) is 61.4 Å². The quantitative estimate of drug-likeness (QED) is 0.244. The molecule has 47 heavy (non-hydrogen) atoms. The summed E-state index contributed by atoms with van der Waals surface area (Å²) in [5.41, 5.74) is -1.83. The van der Waals surface area contributed by atoms with Crippen molar-refractivity contribution in [3.63, 3.8) is 0 Å². The lowest BCUT2D eigenvalue weighted by molar-refractivity contribution is -0.0133. The van der Waals surface area contributed by atoms with Crippen LogP contribution in [0.4, 0.5) is 23.7 Å². The highest BCUT2D eigenvalue weighted by atomic mass is 35.5. The minimum Gasteiger partial charge on any atom is -0.492 e. The number of methoxy groups -OCH3 is 1. The van der Waals surface area contributed by atoms with Crippen LogP contribution in [0.15, 0.2) is 44.9 Å². The van der Waals surface area contributed by atoms with Crippen LogP contribution in [-0.4, -0.2) is 53.5 Å². The molecule has 2 aliphatic heterocycles. The summed E-state index contributed by atoms with van der Waals surface area (Å²) in [5.74, 6) is -5.42. The van der Waals surface area contributed by atoms with Crippen LogP contribution in [0.2, 0.25) is 10.0 Å². The molecule has 1 aromatic heterocycles. The second-order valence-corrected chi connectivity index (χ2v) is 12.8. The van der Waals surface area contributed by atoms with Crippen LogP contribution in [-0.2, 0) is 12.5 Å². The van der Waals surface area contributed by atoms with Crippen LogP contribution in [0, 0.1) is 17.1 Å². The highest BCUT2D eigenvalue weighted by Crippen LogP contribution is 2.47. The van der Waals surface area contributed by atoms with Crippen molar-refractivity contribution in [3.05, 3.63) is 78.9 Å². The first-order valence-electron chi connectivity index (χ1n) is 14.8. The van der Waals surface area contributed by atoms with E-state index in [1.807, 2.05) is 13.0 Å². The number of H-pyrrole nitrogens is 1. The predicted octanol–water partition coefficient (Wildman–Crippen LogP) is 7.75. The number of anilines is 1. The van der Waals surface area contributed by atoms with Crippen molar-refractivity contribution in [2.75, 3.05) is 31.6 Å². The minimum absolute atomic E-state index is 0.00576. The molecule has 0 aliphatic carbocycles. The van der Waals surface area contributed by atoms with Crippen LogP contribution in [0.1, 0.15) is 66.3 Å². The topological polar surface area (TPSA) is 110 Å². The summed E-state index contributed by atoms with van der Waals surface area (Å²) in [7, 11) is 1.26. The van der Waals surface area contributed by atoms with E-state index in [2.05, 4.69) is 4.98 Å². The number of carbonyl (C=O) groups excluding carboxylic acids is 2. The van der Waals surface area contributed by atoms with Crippen LogP contribution >= 0.6 is 35.0 Å². The molecule has 2 aliphatic rings. The first-order valence-corrected chi connectivity index (χ1v) is 16.4. The van der Waals surface area contributed by atoms with Gasteiger partial charge in [0.25, 0.3) is 17.4 Å². The summed E-state index contributed by atoms with van der Waals surface area (Å²) in [6, 6.07) is 7.67. The first-order chi connectivity index (χ1) is 22.4. The molecule has 3 heterocycles. The molecule has 3 amide bonds. The van der Waals surface area contributed by atoms with Crippen LogP contribution in [0.3, 0.4) is 0 Å². The average molecular weight is 709 g/mol. The van der Waals surface area contributed by atoms with Gasteiger partial charge in [0.2, 0.25) is 0 Å². The number of aromatic nitrogens is 1. The summed E-state index contributed by atoms with van der Waals surface area (Å²) in [4.78, 5) is 47.5. The Kier molecular flexibility index (Phi) is 10.1. The molecule has 15 heteroatoms. The number of hydrogen-bond acceptors (Lipinski definition) is 6. The van der Waals surface area contributed by atoms with Crippen molar-refractivity contribution >= 4 is 52.6 Å². The summed E-state index contributed by atoms with van der Waals surface area (Å²) in [5, 5.41) is 10.0. The average Bonchev–Trinajstić information content (AvgIpc) is 3.41. The number of nitrogens with one attached hydrogen (secondary N) is 1. The Morgan fingerprint density at radius 3 is 2.51 bits per heavy atom. The number of ether oxygens (including phenoxy) is 1. The van der Waals surface area contributed by atoms with Crippen LogP contribution in [0.25, 0.3) is 0 Å². The fourth-order valence-electron chi connectivity index (χ4n) is 5.87. The maximum atomic E-state index is 16.4. The van der Waals surface area contributed by atoms with E-state index in [0.29, 0.717) is 31.6 Å². The number of amides is 3. The number of carbonyl (C=O) groups is 2. The molecule has 0 saturated carbocycles. The van der Waals surface area contributed by atoms with E-state index in [1.165, 1.54) is 31.1 Å². The molecule has 1 saturated heterocycles. The molecule has 0 bridgehead atoms. The van der Waals surface area contributed by atoms with E-state index in [1.54, 1.807) is 17.0 Å². The third-order valence-corrected chi connectivity index (χ3v) is 10.3. The van der Waals surface area contributed by atoms with E-state index in [0.717, 1.165) is 22.7 Å². The number of benzene rings is 2. The third kappa shape index (κ3) is 6.26. The zero-order valence-corrected chi connectivity index (χ0v) is 28.0. The van der Waals surface area contributed by atoms with Crippen molar-refractivity contribution in [1.29, 1.82) is 5.26 Å². The number of hydrogen-bond donors (Lipinski definition) is 1. The van der Waals surface area contributed by atoms with Gasteiger partial charge in [-0.15, -0.1) is 0 Å². The molecule has 3 aromatic rings. The number of alkyl halides is 2. The fraction of sp³-hybridized carbons (Fsp3) is 0.375. The van der Waals surface area contributed by atoms with Gasteiger partial charge in [-0.05, 0) is 43.2 Å². The van der Waals surface area contributed by atoms with Crippen molar-refractivity contribution in [3.8, 4) is 11.8 Å². The van der Waals surface area contributed by atoms with Gasteiger partial charge < -0.3 is 19.5 Å². The lowest BCUT2D eigenvalue weighted by Crippen LogP contribution is -2.49.